The zero-order valence-corrected chi connectivity index (χ0v) is 17.7. The molecule has 1 amide bonds. The molecule has 9 heteroatoms. The van der Waals surface area contributed by atoms with Gasteiger partial charge >= 0.3 is 5.69 Å². The molecule has 29 heavy (non-hydrogen) atoms. The largest absolute Gasteiger partial charge is 0.328 e. The number of carbonyl (C=O) groups is 1. The average molecular weight is 417 g/mol. The van der Waals surface area contributed by atoms with Crippen LogP contribution >= 0.6 is 0 Å². The monoisotopic (exact) mass is 416 g/mol. The van der Waals surface area contributed by atoms with Crippen LogP contribution in [-0.4, -0.2) is 36.3 Å². The van der Waals surface area contributed by atoms with Crippen LogP contribution in [0, 0.1) is 0 Å². The van der Waals surface area contributed by atoms with Gasteiger partial charge in [-0.05, 0) is 42.3 Å². The minimum atomic E-state index is -3.64. The number of hydrogen-bond acceptors (Lipinski definition) is 4. The minimum absolute atomic E-state index is 0.165. The molecule has 1 aromatic heterocycles. The van der Waals surface area contributed by atoms with E-state index in [1.165, 1.54) is 9.13 Å². The Labute approximate surface area is 169 Å². The topological polar surface area (TPSA) is 93.4 Å². The summed E-state index contributed by atoms with van der Waals surface area (Å²) in [6.07, 6.45) is 1.91. The lowest BCUT2D eigenvalue weighted by atomic mass is 10.1. The van der Waals surface area contributed by atoms with E-state index < -0.39 is 15.9 Å². The highest BCUT2D eigenvalue weighted by Crippen LogP contribution is 2.20. The van der Waals surface area contributed by atoms with Gasteiger partial charge in [0, 0.05) is 19.8 Å². The van der Waals surface area contributed by atoms with Gasteiger partial charge in [-0.15, -0.1) is 0 Å². The number of hydrogen-bond donors (Lipinski definition) is 1. The smallest absolute Gasteiger partial charge is 0.324 e. The molecule has 3 rings (SSSR count). The van der Waals surface area contributed by atoms with Crippen LogP contribution in [0.5, 0.6) is 0 Å². The van der Waals surface area contributed by atoms with Crippen LogP contribution in [0.25, 0.3) is 11.0 Å². The maximum Gasteiger partial charge on any atom is 0.328 e. The Bertz CT molecular complexity index is 1220. The summed E-state index contributed by atoms with van der Waals surface area (Å²) in [5, 5.41) is 2.72. The number of sulfonamides is 1. The van der Waals surface area contributed by atoms with Gasteiger partial charge in [0.1, 0.15) is 6.54 Å². The van der Waals surface area contributed by atoms with E-state index >= 15 is 0 Å². The van der Waals surface area contributed by atoms with E-state index in [4.69, 9.17) is 0 Å². The van der Waals surface area contributed by atoms with Gasteiger partial charge in [0.2, 0.25) is 15.9 Å². The third kappa shape index (κ3) is 4.19. The Morgan fingerprint density at radius 3 is 2.24 bits per heavy atom. The van der Waals surface area contributed by atoms with Crippen molar-refractivity contribution in [3.63, 3.8) is 0 Å². The van der Waals surface area contributed by atoms with Crippen molar-refractivity contribution < 1.29 is 13.2 Å². The van der Waals surface area contributed by atoms with Gasteiger partial charge in [-0.3, -0.25) is 18.2 Å². The van der Waals surface area contributed by atoms with Crippen molar-refractivity contribution >= 4 is 38.3 Å². The predicted molar refractivity (Wildman–Crippen MR) is 115 cm³/mol. The van der Waals surface area contributed by atoms with Crippen LogP contribution in [0.2, 0.25) is 0 Å². The van der Waals surface area contributed by atoms with E-state index in [1.54, 1.807) is 44.4 Å². The fourth-order valence-corrected chi connectivity index (χ4v) is 4.07. The highest BCUT2D eigenvalue weighted by atomic mass is 32.2. The van der Waals surface area contributed by atoms with Crippen LogP contribution in [0.15, 0.2) is 47.3 Å². The second-order valence-electron chi connectivity index (χ2n) is 6.94. The molecule has 0 aliphatic carbocycles. The fraction of sp³-hybridized carbons (Fsp3) is 0.300. The van der Waals surface area contributed by atoms with Crippen LogP contribution in [0.1, 0.15) is 12.5 Å². The molecule has 0 bridgehead atoms. The number of imidazole rings is 1. The number of nitrogens with zero attached hydrogens (tertiary/aromatic N) is 3. The Kier molecular flexibility index (Phi) is 5.52. The van der Waals surface area contributed by atoms with Crippen molar-refractivity contribution in [3.05, 3.63) is 58.5 Å². The fourth-order valence-electron chi connectivity index (χ4n) is 3.21. The number of rotatable bonds is 6. The van der Waals surface area contributed by atoms with Crippen LogP contribution in [0.4, 0.5) is 11.4 Å². The maximum absolute atomic E-state index is 12.6. The lowest BCUT2D eigenvalue weighted by molar-refractivity contribution is -0.114. The number of nitrogens with one attached hydrogen (secondary N) is 1. The number of amides is 1. The summed E-state index contributed by atoms with van der Waals surface area (Å²) in [6, 6.07) is 12.2. The Morgan fingerprint density at radius 2 is 1.66 bits per heavy atom. The van der Waals surface area contributed by atoms with E-state index in [0.29, 0.717) is 16.9 Å². The van der Waals surface area contributed by atoms with E-state index in [-0.39, 0.29) is 12.2 Å². The van der Waals surface area contributed by atoms with E-state index in [1.807, 2.05) is 19.1 Å². The number of anilines is 2. The molecule has 2 aromatic carbocycles. The number of benzene rings is 2. The molecular formula is C20H24N4O4S. The van der Waals surface area contributed by atoms with E-state index in [9.17, 15) is 18.0 Å². The lowest BCUT2D eigenvalue weighted by Crippen LogP contribution is -2.37. The van der Waals surface area contributed by atoms with Crippen molar-refractivity contribution in [1.82, 2.24) is 9.13 Å². The first kappa shape index (κ1) is 20.7. The van der Waals surface area contributed by atoms with Gasteiger partial charge in [0.25, 0.3) is 0 Å². The summed E-state index contributed by atoms with van der Waals surface area (Å²) in [6.45, 7) is 1.66. The second kappa shape index (κ2) is 7.75. The molecule has 0 atom stereocenters. The molecule has 0 fully saturated rings. The van der Waals surface area contributed by atoms with E-state index in [0.717, 1.165) is 28.1 Å². The van der Waals surface area contributed by atoms with Gasteiger partial charge < -0.3 is 5.32 Å². The van der Waals surface area contributed by atoms with Gasteiger partial charge in [-0.1, -0.05) is 19.1 Å². The molecule has 1 N–H and O–H groups in total. The number of aryl methyl sites for hydroxylation is 3. The van der Waals surface area contributed by atoms with Crippen molar-refractivity contribution in [2.24, 2.45) is 14.1 Å². The van der Waals surface area contributed by atoms with Crippen molar-refractivity contribution in [2.75, 3.05) is 22.4 Å². The number of carbonyl (C=O) groups excluding carboxylic acids is 1. The molecule has 0 aliphatic heterocycles. The molecule has 0 saturated carbocycles. The number of aromatic nitrogens is 2. The van der Waals surface area contributed by atoms with Crippen LogP contribution in [-0.2, 0) is 35.3 Å². The van der Waals surface area contributed by atoms with Gasteiger partial charge in [0.05, 0.1) is 23.0 Å². The summed E-state index contributed by atoms with van der Waals surface area (Å²) in [5.74, 6) is -0.477. The summed E-state index contributed by atoms with van der Waals surface area (Å²) in [4.78, 5) is 24.6. The van der Waals surface area contributed by atoms with E-state index in [2.05, 4.69) is 5.32 Å². The normalized spacial score (nSPS) is 11.6. The van der Waals surface area contributed by atoms with Gasteiger partial charge in [-0.25, -0.2) is 13.2 Å². The Balaban J connectivity index is 1.84. The summed E-state index contributed by atoms with van der Waals surface area (Å²) < 4.78 is 28.6. The molecule has 1 heterocycles. The van der Waals surface area contributed by atoms with Crippen molar-refractivity contribution in [3.8, 4) is 0 Å². The zero-order chi connectivity index (χ0) is 21.3. The highest BCUT2D eigenvalue weighted by molar-refractivity contribution is 7.92. The second-order valence-corrected chi connectivity index (χ2v) is 8.85. The Morgan fingerprint density at radius 1 is 1.03 bits per heavy atom. The predicted octanol–water partition coefficient (Wildman–Crippen LogP) is 1.84. The van der Waals surface area contributed by atoms with Gasteiger partial charge in [0.15, 0.2) is 0 Å². The Hall–Kier alpha value is -3.07. The zero-order valence-electron chi connectivity index (χ0n) is 16.8. The SMILES string of the molecule is CCc1ccc(N(CC(=O)Nc2ccc3c(c2)n(C)c(=O)n3C)S(C)(=O)=O)cc1. The van der Waals surface area contributed by atoms with Crippen molar-refractivity contribution in [1.29, 1.82) is 0 Å². The van der Waals surface area contributed by atoms with Crippen LogP contribution in [0.3, 0.4) is 0 Å². The first-order valence-corrected chi connectivity index (χ1v) is 11.0. The third-order valence-electron chi connectivity index (χ3n) is 4.88. The first-order chi connectivity index (χ1) is 13.6. The molecular weight excluding hydrogens is 392 g/mol. The van der Waals surface area contributed by atoms with Crippen molar-refractivity contribution in [2.45, 2.75) is 13.3 Å². The van der Waals surface area contributed by atoms with Crippen LogP contribution < -0.4 is 15.3 Å². The minimum Gasteiger partial charge on any atom is -0.324 e. The maximum atomic E-state index is 12.6. The summed E-state index contributed by atoms with van der Waals surface area (Å²) in [7, 11) is -0.313. The quantitative estimate of drug-likeness (QED) is 0.664. The number of fused-ring (bicyclic) bond motifs is 1. The first-order valence-electron chi connectivity index (χ1n) is 9.13. The summed E-state index contributed by atoms with van der Waals surface area (Å²) >= 11 is 0. The molecule has 8 nitrogen and oxygen atoms in total. The summed E-state index contributed by atoms with van der Waals surface area (Å²) in [5.41, 5.74) is 3.24. The highest BCUT2D eigenvalue weighted by Gasteiger charge is 2.21. The molecule has 0 aliphatic rings. The molecule has 154 valence electrons. The molecule has 0 saturated heterocycles. The van der Waals surface area contributed by atoms with Gasteiger partial charge in [-0.2, -0.15) is 0 Å². The molecule has 3 aromatic rings. The third-order valence-corrected chi connectivity index (χ3v) is 6.02. The lowest BCUT2D eigenvalue weighted by Gasteiger charge is -2.22. The standard InChI is InChI=1S/C20H24N4O4S/c1-5-14-6-9-16(10-7-14)24(29(4,27)28)13-19(25)21-15-8-11-17-18(12-15)23(3)20(26)22(17)2/h6-12H,5,13H2,1-4H3,(H,21,25). The molecule has 0 spiro atoms. The molecule has 0 unspecified atom stereocenters. The molecule has 0 radical (unpaired) electrons. The average Bonchev–Trinajstić information content (AvgIpc) is 2.89.